The van der Waals surface area contributed by atoms with Gasteiger partial charge in [0.05, 0.1) is 17.1 Å². The predicted octanol–water partition coefficient (Wildman–Crippen LogP) is 2.05. The molecular formula is C16H13F6N3O5S. The highest BCUT2D eigenvalue weighted by Crippen LogP contribution is 2.33. The lowest BCUT2D eigenvalue weighted by molar-refractivity contribution is -0.275. The van der Waals surface area contributed by atoms with Crippen LogP contribution in [0.25, 0.3) is 0 Å². The van der Waals surface area contributed by atoms with Crippen LogP contribution < -0.4 is 15.8 Å². The zero-order valence-corrected chi connectivity index (χ0v) is 15.8. The number of rotatable bonds is 6. The van der Waals surface area contributed by atoms with Gasteiger partial charge in [0, 0.05) is 6.20 Å². The number of carbonyl (C=O) groups is 1. The van der Waals surface area contributed by atoms with Crippen LogP contribution in [0.15, 0.2) is 46.3 Å². The average molecular weight is 473 g/mol. The number of amides is 1. The van der Waals surface area contributed by atoms with E-state index >= 15 is 0 Å². The monoisotopic (exact) mass is 473 g/mol. The van der Waals surface area contributed by atoms with Crippen molar-refractivity contribution in [3.05, 3.63) is 42.2 Å². The number of halogens is 6. The van der Waals surface area contributed by atoms with Crippen LogP contribution in [0.1, 0.15) is 10.5 Å². The van der Waals surface area contributed by atoms with E-state index < -0.39 is 67.9 Å². The van der Waals surface area contributed by atoms with Gasteiger partial charge in [-0.05, 0) is 18.2 Å². The second kappa shape index (κ2) is 8.58. The van der Waals surface area contributed by atoms with Gasteiger partial charge in [0.15, 0.2) is 11.8 Å². The van der Waals surface area contributed by atoms with E-state index in [9.17, 15) is 39.6 Å². The summed E-state index contributed by atoms with van der Waals surface area (Å²) in [6.07, 6.45) is -12.4. The molecule has 0 aliphatic heterocycles. The van der Waals surface area contributed by atoms with E-state index in [0.717, 1.165) is 24.3 Å². The zero-order valence-electron chi connectivity index (χ0n) is 15.0. The normalized spacial score (nSPS) is 13.5. The summed E-state index contributed by atoms with van der Waals surface area (Å²) in [6, 6.07) is 4.55. The van der Waals surface area contributed by atoms with Crippen molar-refractivity contribution in [2.45, 2.75) is 28.4 Å². The van der Waals surface area contributed by atoms with Crippen molar-refractivity contribution in [1.82, 2.24) is 10.3 Å². The Bertz CT molecular complexity index is 1070. The molecule has 0 spiro atoms. The third-order valence-electron chi connectivity index (χ3n) is 3.62. The first kappa shape index (κ1) is 24.2. The van der Waals surface area contributed by atoms with E-state index in [0.29, 0.717) is 12.3 Å². The van der Waals surface area contributed by atoms with Crippen LogP contribution in [0, 0.1) is 0 Å². The minimum atomic E-state index is -5.17. The number of aromatic nitrogens is 1. The van der Waals surface area contributed by atoms with E-state index in [1.54, 1.807) is 5.32 Å². The van der Waals surface area contributed by atoms with Crippen LogP contribution in [0.3, 0.4) is 0 Å². The largest absolute Gasteiger partial charge is 0.573 e. The number of aliphatic hydroxyl groups is 1. The first-order chi connectivity index (χ1) is 14.1. The Labute approximate surface area is 170 Å². The van der Waals surface area contributed by atoms with Gasteiger partial charge in [-0.3, -0.25) is 4.79 Å². The Morgan fingerprint density at radius 1 is 1.19 bits per heavy atom. The highest BCUT2D eigenvalue weighted by Gasteiger charge is 2.38. The first-order valence-electron chi connectivity index (χ1n) is 8.01. The fraction of sp³-hybridized carbons (Fsp3) is 0.250. The topological polar surface area (TPSA) is 132 Å². The summed E-state index contributed by atoms with van der Waals surface area (Å²) in [6.45, 7) is -1.22. The molecule has 1 unspecified atom stereocenters. The lowest BCUT2D eigenvalue weighted by atomic mass is 10.2. The van der Waals surface area contributed by atoms with Crippen molar-refractivity contribution < 1.29 is 49.4 Å². The fourth-order valence-corrected chi connectivity index (χ4v) is 3.56. The first-order valence-corrected chi connectivity index (χ1v) is 9.49. The van der Waals surface area contributed by atoms with Gasteiger partial charge in [-0.2, -0.15) is 13.2 Å². The molecule has 1 aromatic heterocycles. The van der Waals surface area contributed by atoms with Gasteiger partial charge in [-0.15, -0.1) is 13.2 Å². The summed E-state index contributed by atoms with van der Waals surface area (Å²) < 4.78 is 104. The molecule has 2 aromatic rings. The van der Waals surface area contributed by atoms with Crippen molar-refractivity contribution >= 4 is 21.4 Å². The summed E-state index contributed by atoms with van der Waals surface area (Å²) in [5.41, 5.74) is 4.30. The summed E-state index contributed by atoms with van der Waals surface area (Å²) >= 11 is 0. The zero-order chi connectivity index (χ0) is 23.6. The Balaban J connectivity index is 2.32. The average Bonchev–Trinajstić information content (AvgIpc) is 2.63. The summed E-state index contributed by atoms with van der Waals surface area (Å²) in [5, 5.41) is 10.6. The number of para-hydroxylation sites is 1. The molecule has 2 rings (SSSR count). The molecule has 0 radical (unpaired) electrons. The number of alkyl halides is 6. The number of ether oxygens (including phenoxy) is 1. The number of nitrogens with one attached hydrogen (secondary N) is 1. The van der Waals surface area contributed by atoms with Crippen LogP contribution in [-0.4, -0.2) is 49.6 Å². The Morgan fingerprint density at radius 2 is 1.81 bits per heavy atom. The molecule has 0 saturated carbocycles. The molecule has 170 valence electrons. The standard InChI is InChI=1S/C16H13F6N3O5S/c17-15(18,19)12(26)7-25-14(27)13-9(23)5-8(6-24-13)31(28,29)11-4-2-1-3-10(11)30-16(20,21)22/h1-6,12,26H,7,23H2,(H,25,27). The van der Waals surface area contributed by atoms with Gasteiger partial charge in [0.25, 0.3) is 5.91 Å². The maximum absolute atomic E-state index is 12.7. The van der Waals surface area contributed by atoms with Gasteiger partial charge < -0.3 is 20.9 Å². The lowest BCUT2D eigenvalue weighted by Crippen LogP contribution is -2.41. The van der Waals surface area contributed by atoms with Gasteiger partial charge in [0.2, 0.25) is 9.84 Å². The van der Waals surface area contributed by atoms with Crippen molar-refractivity contribution in [1.29, 1.82) is 0 Å². The summed E-state index contributed by atoms with van der Waals surface area (Å²) in [7, 11) is -4.64. The van der Waals surface area contributed by atoms with E-state index in [1.807, 2.05) is 0 Å². The quantitative estimate of drug-likeness (QED) is 0.547. The van der Waals surface area contributed by atoms with Gasteiger partial charge >= 0.3 is 12.5 Å². The number of benzene rings is 1. The molecule has 0 aliphatic rings. The van der Waals surface area contributed by atoms with Gasteiger partial charge in [0.1, 0.15) is 10.6 Å². The van der Waals surface area contributed by atoms with E-state index in [1.165, 1.54) is 0 Å². The Morgan fingerprint density at radius 3 is 2.35 bits per heavy atom. The summed E-state index contributed by atoms with van der Waals surface area (Å²) in [4.78, 5) is 13.8. The fourth-order valence-electron chi connectivity index (χ4n) is 2.20. The number of nitrogens with two attached hydrogens (primary N) is 1. The minimum Gasteiger partial charge on any atom is -0.404 e. The lowest BCUT2D eigenvalue weighted by Gasteiger charge is -2.16. The van der Waals surface area contributed by atoms with Crippen LogP contribution in [-0.2, 0) is 9.84 Å². The molecular weight excluding hydrogens is 460 g/mol. The van der Waals surface area contributed by atoms with Gasteiger partial charge in [-0.25, -0.2) is 13.4 Å². The molecule has 8 nitrogen and oxygen atoms in total. The Hall–Kier alpha value is -3.07. The molecule has 0 bridgehead atoms. The van der Waals surface area contributed by atoms with Crippen LogP contribution in [0.2, 0.25) is 0 Å². The van der Waals surface area contributed by atoms with E-state index in [-0.39, 0.29) is 0 Å². The molecule has 0 fully saturated rings. The number of nitrogens with zero attached hydrogens (tertiary/aromatic N) is 1. The molecule has 1 atom stereocenters. The number of pyridine rings is 1. The maximum atomic E-state index is 12.7. The van der Waals surface area contributed by atoms with E-state index in [2.05, 4.69) is 9.72 Å². The molecule has 15 heteroatoms. The maximum Gasteiger partial charge on any atom is 0.573 e. The number of hydrogen-bond donors (Lipinski definition) is 3. The smallest absolute Gasteiger partial charge is 0.404 e. The number of aliphatic hydroxyl groups excluding tert-OH is 1. The number of nitrogen functional groups attached to an aromatic ring is 1. The predicted molar refractivity (Wildman–Crippen MR) is 91.6 cm³/mol. The molecule has 4 N–H and O–H groups in total. The van der Waals surface area contributed by atoms with Crippen LogP contribution in [0.4, 0.5) is 32.0 Å². The molecule has 1 aromatic carbocycles. The van der Waals surface area contributed by atoms with E-state index in [4.69, 9.17) is 10.8 Å². The third-order valence-corrected chi connectivity index (χ3v) is 5.38. The Kier molecular flexibility index (Phi) is 6.70. The number of anilines is 1. The van der Waals surface area contributed by atoms with Crippen LogP contribution in [0.5, 0.6) is 5.75 Å². The van der Waals surface area contributed by atoms with Crippen molar-refractivity contribution in [2.24, 2.45) is 0 Å². The third kappa shape index (κ3) is 5.97. The van der Waals surface area contributed by atoms with Crippen molar-refractivity contribution in [3.63, 3.8) is 0 Å². The minimum absolute atomic E-state index is 0.588. The van der Waals surface area contributed by atoms with Crippen LogP contribution >= 0.6 is 0 Å². The molecule has 31 heavy (non-hydrogen) atoms. The second-order valence-electron chi connectivity index (χ2n) is 5.87. The van der Waals surface area contributed by atoms with Gasteiger partial charge in [-0.1, -0.05) is 12.1 Å². The highest BCUT2D eigenvalue weighted by atomic mass is 32.2. The second-order valence-corrected chi connectivity index (χ2v) is 7.79. The molecule has 0 saturated heterocycles. The molecule has 0 aliphatic carbocycles. The highest BCUT2D eigenvalue weighted by molar-refractivity contribution is 7.91. The summed E-state index contributed by atoms with van der Waals surface area (Å²) in [5.74, 6) is -2.26. The van der Waals surface area contributed by atoms with Crippen molar-refractivity contribution in [2.75, 3.05) is 12.3 Å². The SMILES string of the molecule is Nc1cc(S(=O)(=O)c2ccccc2OC(F)(F)F)cnc1C(=O)NCC(O)C(F)(F)F. The van der Waals surface area contributed by atoms with Crippen molar-refractivity contribution in [3.8, 4) is 5.75 Å². The number of hydrogen-bond acceptors (Lipinski definition) is 7. The number of sulfone groups is 1. The molecule has 1 heterocycles. The molecule has 1 amide bonds. The number of carbonyl (C=O) groups excluding carboxylic acids is 1.